The summed E-state index contributed by atoms with van der Waals surface area (Å²) in [4.78, 5) is 31.1. The molecule has 266 valence electrons. The topological polar surface area (TPSA) is 121 Å². The number of para-hydroxylation sites is 1. The number of benzene rings is 3. The average molecular weight is 731 g/mol. The number of carbonyl (C=O) groups excluding carboxylic acids is 2. The second kappa shape index (κ2) is 13.4. The van der Waals surface area contributed by atoms with Crippen LogP contribution in [0, 0.1) is 5.82 Å². The summed E-state index contributed by atoms with van der Waals surface area (Å²) in [6.07, 6.45) is -0.771. The largest absolute Gasteiger partial charge is 0.487 e. The van der Waals surface area contributed by atoms with Gasteiger partial charge in [-0.1, -0.05) is 41.4 Å². The number of fused-ring (bicyclic) bond motifs is 3. The second-order valence-electron chi connectivity index (χ2n) is 14.1. The van der Waals surface area contributed by atoms with Gasteiger partial charge in [-0.2, -0.15) is 0 Å². The molecular formula is C36H38Cl2FN3O8. The molecule has 3 aromatic rings. The first-order valence-corrected chi connectivity index (χ1v) is 17.3. The first-order chi connectivity index (χ1) is 23.8. The van der Waals surface area contributed by atoms with Crippen LogP contribution >= 0.6 is 23.2 Å². The van der Waals surface area contributed by atoms with Crippen LogP contribution in [-0.2, 0) is 16.0 Å². The minimum Gasteiger partial charge on any atom is -0.487 e. The zero-order chi connectivity index (χ0) is 35.5. The number of anilines is 1. The van der Waals surface area contributed by atoms with E-state index in [1.165, 1.54) is 28.0 Å². The van der Waals surface area contributed by atoms with Gasteiger partial charge in [0.15, 0.2) is 13.0 Å². The Morgan fingerprint density at radius 2 is 1.66 bits per heavy atom. The highest BCUT2D eigenvalue weighted by Crippen LogP contribution is 2.44. The lowest BCUT2D eigenvalue weighted by molar-refractivity contribution is -0.0425. The number of aliphatic hydroxyl groups excluding tert-OH is 1. The van der Waals surface area contributed by atoms with Gasteiger partial charge in [0.2, 0.25) is 0 Å². The zero-order valence-corrected chi connectivity index (χ0v) is 29.3. The van der Waals surface area contributed by atoms with E-state index in [1.807, 2.05) is 0 Å². The maximum Gasteiger partial charge on any atom is 0.410 e. The van der Waals surface area contributed by atoms with Crippen molar-refractivity contribution in [2.24, 2.45) is 0 Å². The van der Waals surface area contributed by atoms with Gasteiger partial charge in [-0.15, -0.1) is 0 Å². The molecule has 4 aliphatic rings. The smallest absolute Gasteiger partial charge is 0.410 e. The van der Waals surface area contributed by atoms with E-state index >= 15 is 4.39 Å². The molecule has 7 rings (SSSR count). The normalized spacial score (nSPS) is 20.4. The van der Waals surface area contributed by atoms with Crippen LogP contribution in [-0.4, -0.2) is 88.8 Å². The molecule has 0 aromatic heterocycles. The molecule has 4 aliphatic heterocycles. The van der Waals surface area contributed by atoms with Crippen LogP contribution in [0.1, 0.15) is 61.4 Å². The number of nitrogens with zero attached hydrogens (tertiary/aromatic N) is 3. The quantitative estimate of drug-likeness (QED) is 0.288. The van der Waals surface area contributed by atoms with E-state index in [2.05, 4.69) is 4.90 Å². The van der Waals surface area contributed by atoms with Crippen molar-refractivity contribution in [2.45, 2.75) is 70.2 Å². The highest BCUT2D eigenvalue weighted by Gasteiger charge is 2.40. The van der Waals surface area contributed by atoms with Crippen molar-refractivity contribution in [3.63, 3.8) is 0 Å². The minimum atomic E-state index is -1.86. The second-order valence-corrected chi connectivity index (χ2v) is 14.9. The number of hydrogen-bond donors (Lipinski definition) is 2. The maximum atomic E-state index is 15.7. The first kappa shape index (κ1) is 34.6. The van der Waals surface area contributed by atoms with E-state index in [9.17, 15) is 19.8 Å². The fourth-order valence-corrected chi connectivity index (χ4v) is 7.64. The van der Waals surface area contributed by atoms with E-state index in [0.717, 1.165) is 12.8 Å². The molecule has 3 saturated heterocycles. The lowest BCUT2D eigenvalue weighted by Crippen LogP contribution is -2.57. The van der Waals surface area contributed by atoms with Crippen molar-refractivity contribution in [1.29, 1.82) is 0 Å². The maximum absolute atomic E-state index is 15.7. The summed E-state index contributed by atoms with van der Waals surface area (Å²) in [5.74, 6) is -0.305. The predicted octanol–water partition coefficient (Wildman–Crippen LogP) is 6.14. The summed E-state index contributed by atoms with van der Waals surface area (Å²) in [6.45, 7) is 7.10. The first-order valence-electron chi connectivity index (χ1n) is 16.5. The molecule has 2 bridgehead atoms. The molecule has 2 unspecified atom stereocenters. The van der Waals surface area contributed by atoms with Crippen molar-refractivity contribution >= 4 is 40.9 Å². The highest BCUT2D eigenvalue weighted by atomic mass is 35.5. The molecule has 14 heteroatoms. The minimum absolute atomic E-state index is 0.0528. The predicted molar refractivity (Wildman–Crippen MR) is 183 cm³/mol. The summed E-state index contributed by atoms with van der Waals surface area (Å²) in [5, 5.41) is 20.5. The monoisotopic (exact) mass is 729 g/mol. The Labute approximate surface area is 299 Å². The zero-order valence-electron chi connectivity index (χ0n) is 27.8. The van der Waals surface area contributed by atoms with Gasteiger partial charge in [0.25, 0.3) is 5.91 Å². The molecule has 0 radical (unpaired) electrons. The molecule has 0 aliphatic carbocycles. The molecule has 2 amide bonds. The van der Waals surface area contributed by atoms with E-state index in [-0.39, 0.29) is 58.2 Å². The van der Waals surface area contributed by atoms with E-state index in [0.29, 0.717) is 54.6 Å². The van der Waals surface area contributed by atoms with Crippen LogP contribution in [0.3, 0.4) is 0 Å². The number of amides is 2. The number of morpholine rings is 1. The third-order valence-electron chi connectivity index (χ3n) is 9.34. The van der Waals surface area contributed by atoms with E-state index in [4.69, 9.17) is 42.1 Å². The number of hydrogen-bond acceptors (Lipinski definition) is 9. The van der Waals surface area contributed by atoms with Crippen LogP contribution in [0.5, 0.6) is 11.5 Å². The third kappa shape index (κ3) is 6.67. The Kier molecular flexibility index (Phi) is 9.27. The Balaban J connectivity index is 1.08. The lowest BCUT2D eigenvalue weighted by atomic mass is 9.96. The fourth-order valence-electron chi connectivity index (χ4n) is 7.01. The number of aliphatic hydroxyl groups is 2. The van der Waals surface area contributed by atoms with Gasteiger partial charge in [-0.25, -0.2) is 9.18 Å². The van der Waals surface area contributed by atoms with E-state index in [1.54, 1.807) is 45.0 Å². The molecule has 11 nitrogen and oxygen atoms in total. The summed E-state index contributed by atoms with van der Waals surface area (Å²) in [7, 11) is 0. The standard InChI is InChI=1S/C36H38Cl2FN3O8/c1-36(2,3)50-35(46)40-14-23(15-40)49-22-9-27(37)31(28(38)10-22)33(43)41-13-19-5-4-6-24(32(19)48-18-41)25-12-30(26(34(44)45)11-29(25)39)42-20-7-8-21(42)17-47-16-20/h4-6,9-12,20-21,23,34,44-45H,7-8,13-18H2,1-3H3. The van der Waals surface area contributed by atoms with Crippen LogP contribution in [0.25, 0.3) is 11.1 Å². The Morgan fingerprint density at radius 1 is 0.980 bits per heavy atom. The van der Waals surface area contributed by atoms with Gasteiger partial charge < -0.3 is 43.9 Å². The SMILES string of the molecule is CC(C)(C)OC(=O)N1CC(Oc2cc(Cl)c(C(=O)N3COc4c(cccc4-c4cc(N5C6CCC5COC6)c(C(O)O)cc4F)C3)c(Cl)c2)C1. The highest BCUT2D eigenvalue weighted by molar-refractivity contribution is 6.39. The Hall–Kier alpha value is -3.81. The summed E-state index contributed by atoms with van der Waals surface area (Å²) in [6, 6.07) is 11.3. The van der Waals surface area contributed by atoms with E-state index < -0.39 is 29.7 Å². The van der Waals surface area contributed by atoms with Crippen LogP contribution < -0.4 is 14.4 Å². The van der Waals surface area contributed by atoms with Crippen LogP contribution in [0.15, 0.2) is 42.5 Å². The molecule has 50 heavy (non-hydrogen) atoms. The fraction of sp³-hybridized carbons (Fsp3) is 0.444. The summed E-state index contributed by atoms with van der Waals surface area (Å²) < 4.78 is 38.9. The molecule has 0 saturated carbocycles. The molecule has 0 spiro atoms. The molecule has 4 heterocycles. The number of carbonyl (C=O) groups is 2. The lowest BCUT2D eigenvalue weighted by Gasteiger charge is -2.39. The van der Waals surface area contributed by atoms with Crippen molar-refractivity contribution in [2.75, 3.05) is 37.9 Å². The van der Waals surface area contributed by atoms with Crippen molar-refractivity contribution in [1.82, 2.24) is 9.80 Å². The number of likely N-dealkylation sites (tertiary alicyclic amines) is 1. The van der Waals surface area contributed by atoms with Crippen LogP contribution in [0.2, 0.25) is 10.0 Å². The van der Waals surface area contributed by atoms with Gasteiger partial charge >= 0.3 is 6.09 Å². The van der Waals surface area contributed by atoms with Gasteiger partial charge in [0.05, 0.1) is 60.5 Å². The molecule has 2 atom stereocenters. The van der Waals surface area contributed by atoms with Gasteiger partial charge in [-0.05, 0) is 57.9 Å². The number of halogens is 3. The Bertz CT molecular complexity index is 1790. The molecule has 3 fully saturated rings. The number of ether oxygens (including phenoxy) is 4. The third-order valence-corrected chi connectivity index (χ3v) is 9.94. The Morgan fingerprint density at radius 3 is 2.30 bits per heavy atom. The van der Waals surface area contributed by atoms with Crippen molar-refractivity contribution in [3.8, 4) is 22.6 Å². The summed E-state index contributed by atoms with van der Waals surface area (Å²) in [5.41, 5.74) is 1.50. The van der Waals surface area contributed by atoms with Crippen LogP contribution in [0.4, 0.5) is 14.9 Å². The average Bonchev–Trinajstić information content (AvgIpc) is 3.27. The molecule has 3 aromatic carbocycles. The number of rotatable bonds is 6. The van der Waals surface area contributed by atoms with Crippen molar-refractivity contribution < 1.29 is 43.1 Å². The van der Waals surface area contributed by atoms with Gasteiger partial charge in [-0.3, -0.25) is 4.79 Å². The summed E-state index contributed by atoms with van der Waals surface area (Å²) >= 11 is 13.2. The van der Waals surface area contributed by atoms with Gasteiger partial charge in [0, 0.05) is 27.9 Å². The molecular weight excluding hydrogens is 692 g/mol. The van der Waals surface area contributed by atoms with Crippen molar-refractivity contribution in [3.05, 3.63) is 75.0 Å². The van der Waals surface area contributed by atoms with Gasteiger partial charge in [0.1, 0.15) is 29.0 Å². The molecule has 2 N–H and O–H groups in total.